The van der Waals surface area contributed by atoms with Gasteiger partial charge in [-0.2, -0.15) is 13.2 Å². The zero-order valence-corrected chi connectivity index (χ0v) is 11.6. The third-order valence-electron chi connectivity index (χ3n) is 2.52. The van der Waals surface area contributed by atoms with Crippen molar-refractivity contribution in [2.45, 2.75) is 12.7 Å². The standard InChI is InChI=1S/C14H12F3NO2S/c15-14(16,17)9-20-11-5-3-10(4-6-11)8-18-13(19)12-2-1-7-21-12/h1-7H,8-9H2,(H,18,19). The van der Waals surface area contributed by atoms with E-state index in [9.17, 15) is 18.0 Å². The molecule has 112 valence electrons. The molecule has 1 N–H and O–H groups in total. The van der Waals surface area contributed by atoms with Crippen LogP contribution in [0.5, 0.6) is 5.75 Å². The molecule has 0 spiro atoms. The predicted molar refractivity (Wildman–Crippen MR) is 73.5 cm³/mol. The van der Waals surface area contributed by atoms with Crippen LogP contribution in [0, 0.1) is 0 Å². The summed E-state index contributed by atoms with van der Waals surface area (Å²) in [5.41, 5.74) is 0.777. The van der Waals surface area contributed by atoms with Crippen molar-refractivity contribution in [2.24, 2.45) is 0 Å². The molecule has 3 nitrogen and oxygen atoms in total. The van der Waals surface area contributed by atoms with Crippen LogP contribution < -0.4 is 10.1 Å². The molecule has 2 rings (SSSR count). The van der Waals surface area contributed by atoms with Gasteiger partial charge >= 0.3 is 6.18 Å². The number of alkyl halides is 3. The smallest absolute Gasteiger partial charge is 0.422 e. The number of ether oxygens (including phenoxy) is 1. The fourth-order valence-electron chi connectivity index (χ4n) is 1.55. The molecule has 0 atom stereocenters. The van der Waals surface area contributed by atoms with Crippen molar-refractivity contribution in [1.82, 2.24) is 5.32 Å². The number of thiophene rings is 1. The Balaban J connectivity index is 1.84. The topological polar surface area (TPSA) is 38.3 Å². The van der Waals surface area contributed by atoms with E-state index in [4.69, 9.17) is 0 Å². The van der Waals surface area contributed by atoms with Gasteiger partial charge in [-0.1, -0.05) is 18.2 Å². The van der Waals surface area contributed by atoms with Gasteiger partial charge in [0.25, 0.3) is 5.91 Å². The molecule has 0 bridgehead atoms. The molecule has 0 aliphatic carbocycles. The maximum Gasteiger partial charge on any atom is 0.422 e. The van der Waals surface area contributed by atoms with E-state index in [-0.39, 0.29) is 11.7 Å². The van der Waals surface area contributed by atoms with Crippen LogP contribution >= 0.6 is 11.3 Å². The zero-order chi connectivity index (χ0) is 15.3. The van der Waals surface area contributed by atoms with E-state index >= 15 is 0 Å². The molecule has 0 saturated heterocycles. The summed E-state index contributed by atoms with van der Waals surface area (Å²) in [6.45, 7) is -1.02. The maximum atomic E-state index is 12.0. The van der Waals surface area contributed by atoms with Gasteiger partial charge in [-0.3, -0.25) is 4.79 Å². The Bertz CT molecular complexity index is 579. The first-order valence-corrected chi connectivity index (χ1v) is 6.92. The molecule has 2 aromatic rings. The Hall–Kier alpha value is -2.02. The van der Waals surface area contributed by atoms with Crippen LogP contribution in [0.2, 0.25) is 0 Å². The Labute approximate surface area is 123 Å². The van der Waals surface area contributed by atoms with Gasteiger partial charge in [0.05, 0.1) is 4.88 Å². The lowest BCUT2D eigenvalue weighted by Gasteiger charge is -2.09. The van der Waals surface area contributed by atoms with Gasteiger partial charge in [-0.25, -0.2) is 0 Å². The van der Waals surface area contributed by atoms with Crippen molar-refractivity contribution in [2.75, 3.05) is 6.61 Å². The lowest BCUT2D eigenvalue weighted by atomic mass is 10.2. The number of halogens is 3. The molecule has 1 heterocycles. The number of hydrogen-bond acceptors (Lipinski definition) is 3. The van der Waals surface area contributed by atoms with Crippen molar-refractivity contribution in [3.8, 4) is 5.75 Å². The van der Waals surface area contributed by atoms with E-state index in [1.165, 1.54) is 23.5 Å². The van der Waals surface area contributed by atoms with Gasteiger partial charge < -0.3 is 10.1 Å². The summed E-state index contributed by atoms with van der Waals surface area (Å²) >= 11 is 1.34. The van der Waals surface area contributed by atoms with Crippen LogP contribution in [0.3, 0.4) is 0 Å². The molecule has 0 aliphatic heterocycles. The first-order chi connectivity index (χ1) is 9.94. The second-order valence-corrected chi connectivity index (χ2v) is 5.16. The third-order valence-corrected chi connectivity index (χ3v) is 3.39. The number of carbonyl (C=O) groups excluding carboxylic acids is 1. The van der Waals surface area contributed by atoms with Crippen LogP contribution in [0.15, 0.2) is 41.8 Å². The normalized spacial score (nSPS) is 11.2. The highest BCUT2D eigenvalue weighted by Gasteiger charge is 2.28. The van der Waals surface area contributed by atoms with Crippen molar-refractivity contribution >= 4 is 17.2 Å². The minimum Gasteiger partial charge on any atom is -0.484 e. The van der Waals surface area contributed by atoms with E-state index in [1.807, 2.05) is 5.38 Å². The first kappa shape index (κ1) is 15.4. The van der Waals surface area contributed by atoms with Crippen LogP contribution in [-0.4, -0.2) is 18.7 Å². The molecule has 21 heavy (non-hydrogen) atoms. The average molecular weight is 315 g/mol. The SMILES string of the molecule is O=C(NCc1ccc(OCC(F)(F)F)cc1)c1cccs1. The van der Waals surface area contributed by atoms with Gasteiger partial charge in [-0.15, -0.1) is 11.3 Å². The van der Waals surface area contributed by atoms with Gasteiger partial charge in [0.2, 0.25) is 0 Å². The molecular weight excluding hydrogens is 303 g/mol. The molecule has 1 aromatic carbocycles. The first-order valence-electron chi connectivity index (χ1n) is 6.04. The van der Waals surface area contributed by atoms with Crippen LogP contribution in [0.25, 0.3) is 0 Å². The molecule has 0 aliphatic rings. The number of carbonyl (C=O) groups is 1. The van der Waals surface area contributed by atoms with E-state index < -0.39 is 12.8 Å². The molecule has 0 unspecified atom stereocenters. The van der Waals surface area contributed by atoms with E-state index in [0.717, 1.165) is 5.56 Å². The van der Waals surface area contributed by atoms with Gasteiger partial charge in [-0.05, 0) is 29.1 Å². The predicted octanol–water partition coefficient (Wildman–Crippen LogP) is 3.62. The number of nitrogens with one attached hydrogen (secondary N) is 1. The molecule has 0 fully saturated rings. The van der Waals surface area contributed by atoms with E-state index in [2.05, 4.69) is 10.1 Å². The van der Waals surface area contributed by atoms with Crippen molar-refractivity contribution < 1.29 is 22.7 Å². The molecule has 0 saturated carbocycles. The van der Waals surface area contributed by atoms with Crippen LogP contribution in [0.1, 0.15) is 15.2 Å². The third kappa shape index (κ3) is 5.11. The highest BCUT2D eigenvalue weighted by Crippen LogP contribution is 2.19. The summed E-state index contributed by atoms with van der Waals surface area (Å²) < 4.78 is 40.6. The molecular formula is C14H12F3NO2S. The Morgan fingerprint density at radius 1 is 1.19 bits per heavy atom. The Kier molecular flexibility index (Phi) is 4.85. The lowest BCUT2D eigenvalue weighted by Crippen LogP contribution is -2.21. The van der Waals surface area contributed by atoms with Crippen molar-refractivity contribution in [3.05, 3.63) is 52.2 Å². The van der Waals surface area contributed by atoms with Crippen molar-refractivity contribution in [1.29, 1.82) is 0 Å². The fourth-order valence-corrected chi connectivity index (χ4v) is 2.19. The number of hydrogen-bond donors (Lipinski definition) is 1. The van der Waals surface area contributed by atoms with Crippen LogP contribution in [-0.2, 0) is 6.54 Å². The molecule has 7 heteroatoms. The van der Waals surface area contributed by atoms with Crippen molar-refractivity contribution in [3.63, 3.8) is 0 Å². The number of benzene rings is 1. The summed E-state index contributed by atoms with van der Waals surface area (Å²) in [5, 5.41) is 4.53. The fraction of sp³-hybridized carbons (Fsp3) is 0.214. The summed E-state index contributed by atoms with van der Waals surface area (Å²) in [5.74, 6) is -0.0388. The summed E-state index contributed by atoms with van der Waals surface area (Å²) in [7, 11) is 0. The van der Waals surface area contributed by atoms with Gasteiger partial charge in [0, 0.05) is 6.54 Å². The Morgan fingerprint density at radius 2 is 1.90 bits per heavy atom. The number of rotatable bonds is 5. The summed E-state index contributed by atoms with van der Waals surface area (Å²) in [4.78, 5) is 12.3. The second kappa shape index (κ2) is 6.62. The number of amides is 1. The van der Waals surface area contributed by atoms with Gasteiger partial charge in [0.1, 0.15) is 5.75 Å². The van der Waals surface area contributed by atoms with Crippen LogP contribution in [0.4, 0.5) is 13.2 Å². The summed E-state index contributed by atoms with van der Waals surface area (Å²) in [6.07, 6.45) is -4.35. The summed E-state index contributed by atoms with van der Waals surface area (Å²) in [6, 6.07) is 9.61. The molecule has 0 radical (unpaired) electrons. The minimum atomic E-state index is -4.35. The quantitative estimate of drug-likeness (QED) is 0.915. The monoisotopic (exact) mass is 315 g/mol. The zero-order valence-electron chi connectivity index (χ0n) is 10.8. The molecule has 1 amide bonds. The lowest BCUT2D eigenvalue weighted by molar-refractivity contribution is -0.153. The highest BCUT2D eigenvalue weighted by molar-refractivity contribution is 7.12. The highest BCUT2D eigenvalue weighted by atomic mass is 32.1. The second-order valence-electron chi connectivity index (χ2n) is 4.21. The average Bonchev–Trinajstić information content (AvgIpc) is 2.97. The molecule has 1 aromatic heterocycles. The Morgan fingerprint density at radius 3 is 2.48 bits per heavy atom. The maximum absolute atomic E-state index is 12.0. The van der Waals surface area contributed by atoms with E-state index in [0.29, 0.717) is 11.4 Å². The minimum absolute atomic E-state index is 0.139. The van der Waals surface area contributed by atoms with E-state index in [1.54, 1.807) is 24.3 Å². The largest absolute Gasteiger partial charge is 0.484 e. The van der Waals surface area contributed by atoms with Gasteiger partial charge in [0.15, 0.2) is 6.61 Å².